The molecule has 2 aliphatic carbocycles. The summed E-state index contributed by atoms with van der Waals surface area (Å²) in [7, 11) is 0. The first-order chi connectivity index (χ1) is 11.6. The van der Waals surface area contributed by atoms with Crippen LogP contribution in [0.1, 0.15) is 59.3 Å². The van der Waals surface area contributed by atoms with Crippen molar-refractivity contribution in [1.82, 2.24) is 0 Å². The number of anilines is 1. The number of nitrogens with two attached hydrogens (primary N) is 1. The summed E-state index contributed by atoms with van der Waals surface area (Å²) in [6.07, 6.45) is 7.64. The molecule has 7 heteroatoms. The number of aryl methyl sites for hydroxylation is 1. The lowest BCUT2D eigenvalue weighted by Gasteiger charge is -2.19. The number of esters is 1. The second-order valence-corrected chi connectivity index (χ2v) is 7.52. The third-order valence-corrected chi connectivity index (χ3v) is 5.91. The summed E-state index contributed by atoms with van der Waals surface area (Å²) >= 11 is 1.39. The zero-order valence-corrected chi connectivity index (χ0v) is 14.4. The first-order valence-electron chi connectivity index (χ1n) is 8.47. The van der Waals surface area contributed by atoms with Crippen LogP contribution in [0.5, 0.6) is 0 Å². The molecule has 0 bridgehead atoms. The van der Waals surface area contributed by atoms with Crippen LogP contribution in [0.2, 0.25) is 0 Å². The van der Waals surface area contributed by atoms with Crippen LogP contribution in [0.15, 0.2) is 0 Å². The third-order valence-electron chi connectivity index (χ3n) is 4.70. The molecular formula is C17H22N2O4S. The van der Waals surface area contributed by atoms with Crippen LogP contribution in [-0.4, -0.2) is 24.4 Å². The van der Waals surface area contributed by atoms with Crippen molar-refractivity contribution >= 4 is 34.1 Å². The van der Waals surface area contributed by atoms with Crippen molar-refractivity contribution in [2.24, 2.45) is 11.7 Å². The monoisotopic (exact) mass is 350 g/mol. The normalized spacial score (nSPS) is 17.3. The first kappa shape index (κ1) is 17.0. The molecule has 0 spiro atoms. The molecule has 1 aromatic heterocycles. The number of rotatable bonds is 5. The Morgan fingerprint density at radius 1 is 1.12 bits per heavy atom. The molecule has 2 aliphatic rings. The summed E-state index contributed by atoms with van der Waals surface area (Å²) < 4.78 is 5.13. The van der Waals surface area contributed by atoms with Crippen LogP contribution in [0, 0.1) is 5.92 Å². The number of carbonyl (C=O) groups is 3. The highest BCUT2D eigenvalue weighted by Gasteiger charge is 2.27. The Kier molecular flexibility index (Phi) is 5.18. The predicted molar refractivity (Wildman–Crippen MR) is 91.0 cm³/mol. The Bertz CT molecular complexity index is 662. The maximum atomic E-state index is 12.1. The molecule has 0 unspecified atom stereocenters. The van der Waals surface area contributed by atoms with E-state index in [2.05, 4.69) is 5.32 Å². The molecule has 1 fully saturated rings. The van der Waals surface area contributed by atoms with E-state index in [-0.39, 0.29) is 18.5 Å². The molecule has 0 saturated heterocycles. The predicted octanol–water partition coefficient (Wildman–Crippen LogP) is 2.40. The van der Waals surface area contributed by atoms with Gasteiger partial charge < -0.3 is 15.8 Å². The summed E-state index contributed by atoms with van der Waals surface area (Å²) in [5, 5.41) is 3.16. The van der Waals surface area contributed by atoms with Crippen molar-refractivity contribution in [3.63, 3.8) is 0 Å². The van der Waals surface area contributed by atoms with Crippen molar-refractivity contribution in [2.45, 2.75) is 51.4 Å². The molecule has 2 amide bonds. The minimum Gasteiger partial charge on any atom is -0.455 e. The Labute approximate surface area is 144 Å². The number of hydrogen-bond donors (Lipinski definition) is 2. The zero-order chi connectivity index (χ0) is 17.1. The Morgan fingerprint density at radius 3 is 2.58 bits per heavy atom. The van der Waals surface area contributed by atoms with Gasteiger partial charge in [-0.05, 0) is 37.7 Å². The molecule has 0 aromatic carbocycles. The molecule has 1 heterocycles. The minimum atomic E-state index is -0.524. The summed E-state index contributed by atoms with van der Waals surface area (Å²) in [5.41, 5.74) is 6.83. The second-order valence-electron chi connectivity index (χ2n) is 6.42. The first-order valence-corrected chi connectivity index (χ1v) is 9.28. The van der Waals surface area contributed by atoms with Gasteiger partial charge >= 0.3 is 5.97 Å². The average Bonchev–Trinajstić information content (AvgIpc) is 3.13. The Balaban J connectivity index is 1.57. The standard InChI is InChI=1S/C17H22N2O4S/c18-15(21)14-11-7-4-8-12(11)24-16(14)19-13(20)9-23-17(22)10-5-2-1-3-6-10/h10H,1-9H2,(H2,18,21)(H,19,20). The van der Waals surface area contributed by atoms with Crippen molar-refractivity contribution < 1.29 is 19.1 Å². The minimum absolute atomic E-state index is 0.0849. The maximum absolute atomic E-state index is 12.1. The van der Waals surface area contributed by atoms with E-state index in [1.54, 1.807) is 0 Å². The van der Waals surface area contributed by atoms with Crippen molar-refractivity contribution in [3.05, 3.63) is 16.0 Å². The van der Waals surface area contributed by atoms with Crippen molar-refractivity contribution in [2.75, 3.05) is 11.9 Å². The van der Waals surface area contributed by atoms with Crippen LogP contribution >= 0.6 is 11.3 Å². The van der Waals surface area contributed by atoms with Gasteiger partial charge in [-0.1, -0.05) is 19.3 Å². The van der Waals surface area contributed by atoms with Gasteiger partial charge in [-0.15, -0.1) is 11.3 Å². The van der Waals surface area contributed by atoms with Gasteiger partial charge in [-0.3, -0.25) is 14.4 Å². The van der Waals surface area contributed by atoms with Crippen molar-refractivity contribution in [1.29, 1.82) is 0 Å². The molecule has 3 rings (SSSR count). The second kappa shape index (κ2) is 7.34. The topological polar surface area (TPSA) is 98.5 Å². The molecule has 3 N–H and O–H groups in total. The van der Waals surface area contributed by atoms with Gasteiger partial charge in [0.1, 0.15) is 5.00 Å². The summed E-state index contributed by atoms with van der Waals surface area (Å²) in [6.45, 7) is -0.323. The Morgan fingerprint density at radius 2 is 1.88 bits per heavy atom. The number of carbonyl (C=O) groups excluding carboxylic acids is 3. The molecule has 1 aromatic rings. The lowest BCUT2D eigenvalue weighted by molar-refractivity contribution is -0.152. The molecule has 0 atom stereocenters. The van der Waals surface area contributed by atoms with Crippen molar-refractivity contribution in [3.8, 4) is 0 Å². The number of hydrogen-bond acceptors (Lipinski definition) is 5. The highest BCUT2D eigenvalue weighted by Crippen LogP contribution is 2.38. The molecule has 1 saturated carbocycles. The van der Waals surface area contributed by atoms with E-state index in [1.807, 2.05) is 0 Å². The summed E-state index contributed by atoms with van der Waals surface area (Å²) in [6, 6.07) is 0. The molecule has 24 heavy (non-hydrogen) atoms. The fourth-order valence-electron chi connectivity index (χ4n) is 3.51. The van der Waals surface area contributed by atoms with Crippen LogP contribution in [0.4, 0.5) is 5.00 Å². The zero-order valence-electron chi connectivity index (χ0n) is 13.6. The lowest BCUT2D eigenvalue weighted by atomic mass is 9.89. The third kappa shape index (κ3) is 3.61. The molecule has 130 valence electrons. The van der Waals surface area contributed by atoms with Gasteiger partial charge in [0.2, 0.25) is 0 Å². The van der Waals surface area contributed by atoms with Gasteiger partial charge in [0, 0.05) is 4.88 Å². The number of fused-ring (bicyclic) bond motifs is 1. The van der Waals surface area contributed by atoms with Gasteiger partial charge in [0.05, 0.1) is 11.5 Å². The largest absolute Gasteiger partial charge is 0.455 e. The number of primary amides is 1. The van der Waals surface area contributed by atoms with E-state index in [0.717, 1.165) is 61.8 Å². The Hall–Kier alpha value is -1.89. The lowest BCUT2D eigenvalue weighted by Crippen LogP contribution is -2.26. The molecule has 0 aliphatic heterocycles. The molecular weight excluding hydrogens is 328 g/mol. The van der Waals surface area contributed by atoms with Gasteiger partial charge in [0.15, 0.2) is 6.61 Å². The van der Waals surface area contributed by atoms with Crippen LogP contribution in [-0.2, 0) is 27.2 Å². The highest BCUT2D eigenvalue weighted by molar-refractivity contribution is 7.17. The van der Waals surface area contributed by atoms with E-state index < -0.39 is 11.8 Å². The van der Waals surface area contributed by atoms with E-state index >= 15 is 0 Å². The van der Waals surface area contributed by atoms with E-state index in [4.69, 9.17) is 10.5 Å². The van der Waals surface area contributed by atoms with Crippen LogP contribution < -0.4 is 11.1 Å². The number of thiophene rings is 1. The number of nitrogens with one attached hydrogen (secondary N) is 1. The van der Waals surface area contributed by atoms with E-state index in [0.29, 0.717) is 10.6 Å². The van der Waals surface area contributed by atoms with Gasteiger partial charge in [-0.25, -0.2) is 0 Å². The van der Waals surface area contributed by atoms with E-state index in [9.17, 15) is 14.4 Å². The van der Waals surface area contributed by atoms with Gasteiger partial charge in [-0.2, -0.15) is 0 Å². The quantitative estimate of drug-likeness (QED) is 0.797. The van der Waals surface area contributed by atoms with E-state index in [1.165, 1.54) is 11.3 Å². The summed E-state index contributed by atoms with van der Waals surface area (Å²) in [4.78, 5) is 36.8. The fourth-order valence-corrected chi connectivity index (χ4v) is 4.82. The molecule has 6 nitrogen and oxygen atoms in total. The fraction of sp³-hybridized carbons (Fsp3) is 0.588. The van der Waals surface area contributed by atoms with Gasteiger partial charge in [0.25, 0.3) is 11.8 Å². The number of ether oxygens (including phenoxy) is 1. The van der Waals surface area contributed by atoms with Crippen LogP contribution in [0.25, 0.3) is 0 Å². The SMILES string of the molecule is NC(=O)c1c(NC(=O)COC(=O)C2CCCCC2)sc2c1CCC2. The number of amides is 2. The molecule has 0 radical (unpaired) electrons. The summed E-state index contributed by atoms with van der Waals surface area (Å²) in [5.74, 6) is -1.34. The smallest absolute Gasteiger partial charge is 0.309 e. The average molecular weight is 350 g/mol. The maximum Gasteiger partial charge on any atom is 0.309 e. The highest BCUT2D eigenvalue weighted by atomic mass is 32.1. The van der Waals surface area contributed by atoms with Crippen LogP contribution in [0.3, 0.4) is 0 Å².